The third kappa shape index (κ3) is 3.06. The number of para-hydroxylation sites is 1. The van der Waals surface area contributed by atoms with E-state index in [1.807, 2.05) is 24.3 Å². The summed E-state index contributed by atoms with van der Waals surface area (Å²) in [5.41, 5.74) is 2.29. The molecule has 1 atom stereocenters. The van der Waals surface area contributed by atoms with Gasteiger partial charge in [-0.1, -0.05) is 18.2 Å². The number of benzene rings is 2. The summed E-state index contributed by atoms with van der Waals surface area (Å²) in [4.78, 5) is 30.0. The van der Waals surface area contributed by atoms with Crippen LogP contribution in [0.15, 0.2) is 42.5 Å². The number of anilines is 1. The molecule has 1 aliphatic heterocycles. The highest BCUT2D eigenvalue weighted by Crippen LogP contribution is 2.34. The third-order valence-electron chi connectivity index (χ3n) is 4.47. The number of aromatic nitrogens is 1. The molecule has 26 heavy (non-hydrogen) atoms. The molecule has 0 saturated carbocycles. The quantitative estimate of drug-likeness (QED) is 0.762. The van der Waals surface area contributed by atoms with Crippen molar-refractivity contribution in [1.29, 1.82) is 0 Å². The number of carboxylic acids is 1. The summed E-state index contributed by atoms with van der Waals surface area (Å²) < 4.78 is 14.2. The molecule has 0 bridgehead atoms. The Morgan fingerprint density at radius 3 is 2.92 bits per heavy atom. The molecule has 132 valence electrons. The van der Waals surface area contributed by atoms with E-state index in [1.165, 1.54) is 23.5 Å². The molecule has 1 aliphatic rings. The Morgan fingerprint density at radius 1 is 1.31 bits per heavy atom. The molecule has 0 aliphatic carbocycles. The first kappa shape index (κ1) is 16.7. The summed E-state index contributed by atoms with van der Waals surface area (Å²) in [7, 11) is 0. The van der Waals surface area contributed by atoms with E-state index in [4.69, 9.17) is 5.11 Å². The molecule has 1 N–H and O–H groups in total. The van der Waals surface area contributed by atoms with Gasteiger partial charge in [0.2, 0.25) is 5.91 Å². The SMILES string of the molecule is O=C(O)CC1Cc2ccccc2N(Cc2nc3cc(F)ccc3s2)C1=O. The van der Waals surface area contributed by atoms with Crippen molar-refractivity contribution < 1.29 is 19.1 Å². The molecular weight excluding hydrogens is 355 g/mol. The summed E-state index contributed by atoms with van der Waals surface area (Å²) in [6.45, 7) is 0.243. The van der Waals surface area contributed by atoms with E-state index in [-0.39, 0.29) is 24.7 Å². The molecule has 2 heterocycles. The minimum atomic E-state index is -0.988. The molecule has 1 unspecified atom stereocenters. The molecule has 4 rings (SSSR count). The summed E-state index contributed by atoms with van der Waals surface area (Å²) in [6.07, 6.45) is 0.220. The number of nitrogens with zero attached hydrogens (tertiary/aromatic N) is 2. The van der Waals surface area contributed by atoms with Crippen LogP contribution < -0.4 is 4.90 Å². The lowest BCUT2D eigenvalue weighted by Gasteiger charge is -2.33. The lowest BCUT2D eigenvalue weighted by Crippen LogP contribution is -2.41. The fourth-order valence-corrected chi connectivity index (χ4v) is 4.26. The van der Waals surface area contributed by atoms with E-state index in [0.717, 1.165) is 16.0 Å². The van der Waals surface area contributed by atoms with Crippen LogP contribution in [0.1, 0.15) is 17.0 Å². The average molecular weight is 370 g/mol. The molecule has 7 heteroatoms. The number of aliphatic carboxylic acids is 1. The molecule has 0 fully saturated rings. The molecule has 1 amide bonds. The smallest absolute Gasteiger partial charge is 0.304 e. The van der Waals surface area contributed by atoms with Gasteiger partial charge >= 0.3 is 5.97 Å². The number of fused-ring (bicyclic) bond motifs is 2. The standard InChI is InChI=1S/C19H15FN2O3S/c20-13-5-6-16-14(9-13)21-17(26-16)10-22-15-4-2-1-3-11(15)7-12(19(22)25)8-18(23)24/h1-6,9,12H,7-8,10H2,(H,23,24). The Morgan fingerprint density at radius 2 is 2.12 bits per heavy atom. The monoisotopic (exact) mass is 370 g/mol. The number of carboxylic acid groups (broad SMARTS) is 1. The van der Waals surface area contributed by atoms with Crippen LogP contribution in [0, 0.1) is 11.7 Å². The Hall–Kier alpha value is -2.80. The van der Waals surface area contributed by atoms with Gasteiger partial charge in [-0.25, -0.2) is 9.37 Å². The molecule has 0 spiro atoms. The van der Waals surface area contributed by atoms with E-state index in [2.05, 4.69) is 4.98 Å². The maximum Gasteiger partial charge on any atom is 0.304 e. The van der Waals surface area contributed by atoms with Crippen molar-refractivity contribution in [3.8, 4) is 0 Å². The maximum absolute atomic E-state index is 13.4. The zero-order valence-corrected chi connectivity index (χ0v) is 14.5. The van der Waals surface area contributed by atoms with Gasteiger partial charge in [-0.05, 0) is 30.2 Å². The summed E-state index contributed by atoms with van der Waals surface area (Å²) in [5, 5.41) is 9.80. The number of halogens is 1. The van der Waals surface area contributed by atoms with Crippen molar-refractivity contribution in [3.05, 3.63) is 58.9 Å². The van der Waals surface area contributed by atoms with Crippen molar-refractivity contribution in [1.82, 2.24) is 4.98 Å². The van der Waals surface area contributed by atoms with Crippen LogP contribution in [0.4, 0.5) is 10.1 Å². The van der Waals surface area contributed by atoms with Gasteiger partial charge in [-0.2, -0.15) is 0 Å². The topological polar surface area (TPSA) is 70.5 Å². The highest BCUT2D eigenvalue weighted by Gasteiger charge is 2.34. The van der Waals surface area contributed by atoms with E-state index in [1.54, 1.807) is 11.0 Å². The second kappa shape index (κ2) is 6.49. The van der Waals surface area contributed by atoms with Crippen molar-refractivity contribution in [2.45, 2.75) is 19.4 Å². The lowest BCUT2D eigenvalue weighted by atomic mass is 9.89. The molecule has 1 aromatic heterocycles. The fourth-order valence-electron chi connectivity index (χ4n) is 3.32. The zero-order chi connectivity index (χ0) is 18.3. The van der Waals surface area contributed by atoms with E-state index < -0.39 is 11.9 Å². The van der Waals surface area contributed by atoms with Crippen molar-refractivity contribution >= 4 is 39.1 Å². The first-order valence-electron chi connectivity index (χ1n) is 8.17. The minimum Gasteiger partial charge on any atom is -0.481 e. The van der Waals surface area contributed by atoms with Crippen LogP contribution in [0.5, 0.6) is 0 Å². The Bertz CT molecular complexity index is 1020. The second-order valence-corrected chi connectivity index (χ2v) is 7.39. The molecular formula is C19H15FN2O3S. The van der Waals surface area contributed by atoms with Gasteiger partial charge in [0.05, 0.1) is 29.1 Å². The summed E-state index contributed by atoms with van der Waals surface area (Å²) in [6, 6.07) is 11.9. The van der Waals surface area contributed by atoms with E-state index in [9.17, 15) is 14.0 Å². The van der Waals surface area contributed by atoms with Gasteiger partial charge < -0.3 is 10.0 Å². The zero-order valence-electron chi connectivity index (χ0n) is 13.7. The van der Waals surface area contributed by atoms with E-state index >= 15 is 0 Å². The minimum absolute atomic E-state index is 0.200. The number of thiazole rings is 1. The van der Waals surface area contributed by atoms with Gasteiger partial charge in [0.15, 0.2) is 0 Å². The van der Waals surface area contributed by atoms with Gasteiger partial charge in [0.25, 0.3) is 0 Å². The van der Waals surface area contributed by atoms with Gasteiger partial charge in [0, 0.05) is 11.8 Å². The van der Waals surface area contributed by atoms with Crippen molar-refractivity contribution in [3.63, 3.8) is 0 Å². The Kier molecular flexibility index (Phi) is 4.16. The van der Waals surface area contributed by atoms with Gasteiger partial charge in [0.1, 0.15) is 10.8 Å². The van der Waals surface area contributed by atoms with Crippen LogP contribution in [0.25, 0.3) is 10.2 Å². The number of hydrogen-bond donors (Lipinski definition) is 1. The van der Waals surface area contributed by atoms with Crippen LogP contribution in [-0.4, -0.2) is 22.0 Å². The summed E-state index contributed by atoms with van der Waals surface area (Å²) >= 11 is 1.40. The number of carbonyl (C=O) groups is 2. The predicted molar refractivity (Wildman–Crippen MR) is 96.7 cm³/mol. The third-order valence-corrected chi connectivity index (χ3v) is 5.49. The average Bonchev–Trinajstić information content (AvgIpc) is 2.99. The molecule has 0 saturated heterocycles. The Balaban J connectivity index is 1.70. The van der Waals surface area contributed by atoms with Crippen LogP contribution in [0.3, 0.4) is 0 Å². The van der Waals surface area contributed by atoms with E-state index in [0.29, 0.717) is 16.9 Å². The molecule has 0 radical (unpaired) electrons. The maximum atomic E-state index is 13.4. The number of hydrogen-bond acceptors (Lipinski definition) is 4. The van der Waals surface area contributed by atoms with Crippen LogP contribution >= 0.6 is 11.3 Å². The number of carbonyl (C=O) groups excluding carboxylic acids is 1. The molecule has 5 nitrogen and oxygen atoms in total. The normalized spacial score (nSPS) is 16.7. The first-order chi connectivity index (χ1) is 12.5. The molecule has 2 aromatic carbocycles. The fraction of sp³-hybridized carbons (Fsp3) is 0.211. The van der Waals surface area contributed by atoms with Crippen LogP contribution in [-0.2, 0) is 22.6 Å². The summed E-state index contributed by atoms with van der Waals surface area (Å²) in [5.74, 6) is -2.14. The van der Waals surface area contributed by atoms with Crippen LogP contribution in [0.2, 0.25) is 0 Å². The number of amides is 1. The van der Waals surface area contributed by atoms with Crippen molar-refractivity contribution in [2.75, 3.05) is 4.90 Å². The highest BCUT2D eigenvalue weighted by atomic mass is 32.1. The lowest BCUT2D eigenvalue weighted by molar-refractivity contribution is -0.140. The predicted octanol–water partition coefficient (Wildman–Crippen LogP) is 3.62. The number of rotatable bonds is 4. The van der Waals surface area contributed by atoms with Crippen molar-refractivity contribution in [2.24, 2.45) is 5.92 Å². The van der Waals surface area contributed by atoms with Gasteiger partial charge in [-0.3, -0.25) is 9.59 Å². The largest absolute Gasteiger partial charge is 0.481 e. The first-order valence-corrected chi connectivity index (χ1v) is 8.99. The second-order valence-electron chi connectivity index (χ2n) is 6.27. The highest BCUT2D eigenvalue weighted by molar-refractivity contribution is 7.18. The Labute approximate surface area is 152 Å². The van der Waals surface area contributed by atoms with Gasteiger partial charge in [-0.15, -0.1) is 11.3 Å². The molecule has 3 aromatic rings.